The van der Waals surface area contributed by atoms with Gasteiger partial charge in [-0.1, -0.05) is 30.3 Å². The summed E-state index contributed by atoms with van der Waals surface area (Å²) in [6.07, 6.45) is 2.19. The van der Waals surface area contributed by atoms with Crippen molar-refractivity contribution >= 4 is 23.4 Å². The van der Waals surface area contributed by atoms with Crippen molar-refractivity contribution in [2.24, 2.45) is 5.10 Å². The van der Waals surface area contributed by atoms with Gasteiger partial charge in [-0.05, 0) is 49.6 Å². The number of amides is 3. The molecule has 0 atom stereocenters. The van der Waals surface area contributed by atoms with Gasteiger partial charge in [-0.15, -0.1) is 0 Å². The van der Waals surface area contributed by atoms with Crippen LogP contribution in [0.1, 0.15) is 56.2 Å². The fourth-order valence-electron chi connectivity index (χ4n) is 3.93. The Balaban J connectivity index is 1.43. The van der Waals surface area contributed by atoms with E-state index in [4.69, 9.17) is 9.15 Å². The van der Waals surface area contributed by atoms with E-state index in [2.05, 4.69) is 21.4 Å². The fourth-order valence-corrected chi connectivity index (χ4v) is 3.93. The monoisotopic (exact) mass is 474 g/mol. The van der Waals surface area contributed by atoms with Crippen molar-refractivity contribution in [1.82, 2.24) is 16.3 Å². The van der Waals surface area contributed by atoms with E-state index in [0.717, 1.165) is 12.0 Å². The lowest BCUT2D eigenvalue weighted by Gasteiger charge is -2.13. The molecule has 0 saturated carbocycles. The highest BCUT2D eigenvalue weighted by atomic mass is 16.5. The number of benzene rings is 2. The number of carbonyl (C=O) groups is 3. The van der Waals surface area contributed by atoms with Crippen LogP contribution in [0.15, 0.2) is 64.1 Å². The molecule has 3 N–H and O–H groups in total. The molecule has 0 radical (unpaired) electrons. The van der Waals surface area contributed by atoms with Gasteiger partial charge in [-0.2, -0.15) is 5.10 Å². The number of hydrogen-bond acceptors (Lipinski definition) is 6. The van der Waals surface area contributed by atoms with Gasteiger partial charge in [0.25, 0.3) is 5.91 Å². The van der Waals surface area contributed by atoms with E-state index in [1.54, 1.807) is 38.3 Å². The molecular formula is C26H26N4O5. The number of fused-ring (bicyclic) bond motifs is 1. The maximum absolute atomic E-state index is 12.7. The Labute approximate surface area is 202 Å². The Morgan fingerprint density at radius 2 is 1.71 bits per heavy atom. The van der Waals surface area contributed by atoms with Gasteiger partial charge in [-0.3, -0.25) is 25.2 Å². The van der Waals surface area contributed by atoms with E-state index in [9.17, 15) is 14.4 Å². The minimum Gasteiger partial charge on any atom is -0.497 e. The average Bonchev–Trinajstić information content (AvgIpc) is 3.23. The predicted molar refractivity (Wildman–Crippen MR) is 129 cm³/mol. The zero-order chi connectivity index (χ0) is 24.8. The first kappa shape index (κ1) is 23.7. The molecular weight excluding hydrogens is 448 g/mol. The van der Waals surface area contributed by atoms with Crippen molar-refractivity contribution in [2.45, 2.75) is 32.6 Å². The van der Waals surface area contributed by atoms with Crippen LogP contribution in [0.25, 0.3) is 0 Å². The van der Waals surface area contributed by atoms with Crippen LogP contribution >= 0.6 is 0 Å². The van der Waals surface area contributed by atoms with Crippen LogP contribution in [0, 0.1) is 6.92 Å². The molecule has 9 nitrogen and oxygen atoms in total. The number of furan rings is 1. The van der Waals surface area contributed by atoms with Crippen molar-refractivity contribution in [1.29, 1.82) is 0 Å². The molecule has 0 spiro atoms. The van der Waals surface area contributed by atoms with Crippen molar-refractivity contribution in [3.8, 4) is 5.75 Å². The summed E-state index contributed by atoms with van der Waals surface area (Å²) >= 11 is 0. The molecule has 0 fully saturated rings. The number of aryl methyl sites for hydroxylation is 1. The number of carbonyl (C=O) groups excluding carboxylic acids is 3. The van der Waals surface area contributed by atoms with Gasteiger partial charge in [0.05, 0.1) is 19.2 Å². The smallest absolute Gasteiger partial charge is 0.305 e. The SMILES string of the molecule is COc1ccc(C(=O)N/N=C2\CCCc3oc(C(=O)NNC(=O)Cc4ccccc4)c(C)c32)cc1. The summed E-state index contributed by atoms with van der Waals surface area (Å²) in [5.41, 5.74) is 10.7. The zero-order valence-corrected chi connectivity index (χ0v) is 19.5. The minimum atomic E-state index is -0.556. The minimum absolute atomic E-state index is 0.103. The van der Waals surface area contributed by atoms with E-state index in [-0.39, 0.29) is 24.0 Å². The Bertz CT molecular complexity index is 1260. The van der Waals surface area contributed by atoms with Crippen LogP contribution in [0.2, 0.25) is 0 Å². The molecule has 4 rings (SSSR count). The Kier molecular flexibility index (Phi) is 7.25. The van der Waals surface area contributed by atoms with Crippen LogP contribution in [-0.2, 0) is 17.6 Å². The van der Waals surface area contributed by atoms with E-state index in [1.165, 1.54) is 0 Å². The van der Waals surface area contributed by atoms with Gasteiger partial charge >= 0.3 is 5.91 Å². The molecule has 0 bridgehead atoms. The molecule has 0 unspecified atom stereocenters. The number of ether oxygens (including phenoxy) is 1. The molecule has 3 amide bonds. The van der Waals surface area contributed by atoms with Crippen molar-refractivity contribution in [3.05, 3.63) is 88.4 Å². The molecule has 1 aliphatic rings. The first-order valence-electron chi connectivity index (χ1n) is 11.2. The maximum Gasteiger partial charge on any atom is 0.305 e. The number of rotatable bonds is 6. The second-order valence-electron chi connectivity index (χ2n) is 8.10. The Hall–Kier alpha value is -4.40. The van der Waals surface area contributed by atoms with Crippen LogP contribution in [0.3, 0.4) is 0 Å². The number of methoxy groups -OCH3 is 1. The molecule has 1 aromatic heterocycles. The van der Waals surface area contributed by atoms with E-state index < -0.39 is 5.91 Å². The molecule has 1 aliphatic carbocycles. The average molecular weight is 475 g/mol. The number of nitrogens with zero attached hydrogens (tertiary/aromatic N) is 1. The molecule has 1 heterocycles. The highest BCUT2D eigenvalue weighted by molar-refractivity contribution is 6.07. The molecule has 9 heteroatoms. The zero-order valence-electron chi connectivity index (χ0n) is 19.5. The molecule has 3 aromatic rings. The number of hydrogen-bond donors (Lipinski definition) is 3. The maximum atomic E-state index is 12.7. The molecule has 0 saturated heterocycles. The van der Waals surface area contributed by atoms with E-state index in [1.807, 2.05) is 30.3 Å². The quantitative estimate of drug-likeness (QED) is 0.474. The topological polar surface area (TPSA) is 122 Å². The summed E-state index contributed by atoms with van der Waals surface area (Å²) in [5.74, 6) is 0.133. The molecule has 0 aliphatic heterocycles. The number of hydrazine groups is 1. The third kappa shape index (κ3) is 5.57. The highest BCUT2D eigenvalue weighted by Crippen LogP contribution is 2.29. The van der Waals surface area contributed by atoms with Crippen molar-refractivity contribution in [2.75, 3.05) is 7.11 Å². The Morgan fingerprint density at radius 1 is 0.971 bits per heavy atom. The first-order valence-corrected chi connectivity index (χ1v) is 11.2. The summed E-state index contributed by atoms with van der Waals surface area (Å²) in [6.45, 7) is 1.76. The van der Waals surface area contributed by atoms with Crippen molar-refractivity contribution in [3.63, 3.8) is 0 Å². The summed E-state index contributed by atoms with van der Waals surface area (Å²) in [4.78, 5) is 37.4. The van der Waals surface area contributed by atoms with E-state index in [0.29, 0.717) is 46.8 Å². The van der Waals surface area contributed by atoms with Crippen molar-refractivity contribution < 1.29 is 23.5 Å². The largest absolute Gasteiger partial charge is 0.497 e. The molecule has 180 valence electrons. The second kappa shape index (κ2) is 10.7. The summed E-state index contributed by atoms with van der Waals surface area (Å²) in [5, 5.41) is 4.32. The van der Waals surface area contributed by atoms with Gasteiger partial charge in [0, 0.05) is 23.1 Å². The lowest BCUT2D eigenvalue weighted by atomic mass is 9.93. The normalized spacial score (nSPS) is 13.6. The van der Waals surface area contributed by atoms with Crippen LogP contribution in [-0.4, -0.2) is 30.5 Å². The van der Waals surface area contributed by atoms with Gasteiger partial charge < -0.3 is 9.15 Å². The number of nitrogens with one attached hydrogen (secondary N) is 3. The van der Waals surface area contributed by atoms with Gasteiger partial charge in [0.2, 0.25) is 5.91 Å². The Morgan fingerprint density at radius 3 is 2.43 bits per heavy atom. The highest BCUT2D eigenvalue weighted by Gasteiger charge is 2.28. The second-order valence-corrected chi connectivity index (χ2v) is 8.10. The third-order valence-corrected chi connectivity index (χ3v) is 5.70. The van der Waals surface area contributed by atoms with Gasteiger partial charge in [-0.25, -0.2) is 5.43 Å². The van der Waals surface area contributed by atoms with Crippen LogP contribution in [0.5, 0.6) is 5.75 Å². The first-order chi connectivity index (χ1) is 17.0. The van der Waals surface area contributed by atoms with Gasteiger partial charge in [0.15, 0.2) is 5.76 Å². The molecule has 35 heavy (non-hydrogen) atoms. The fraction of sp³-hybridized carbons (Fsp3) is 0.231. The predicted octanol–water partition coefficient (Wildman–Crippen LogP) is 3.07. The lowest BCUT2D eigenvalue weighted by Crippen LogP contribution is -2.42. The summed E-state index contributed by atoms with van der Waals surface area (Å²) < 4.78 is 10.9. The number of hydrazone groups is 1. The summed E-state index contributed by atoms with van der Waals surface area (Å²) in [6, 6.07) is 15.9. The lowest BCUT2D eigenvalue weighted by molar-refractivity contribution is -0.121. The van der Waals surface area contributed by atoms with Crippen LogP contribution in [0.4, 0.5) is 0 Å². The third-order valence-electron chi connectivity index (χ3n) is 5.70. The summed E-state index contributed by atoms with van der Waals surface area (Å²) in [7, 11) is 1.56. The van der Waals surface area contributed by atoms with Crippen LogP contribution < -0.4 is 21.0 Å². The standard InChI is InChI=1S/C26H26N4O5/c1-16-23-20(27-29-25(32)18-11-13-19(34-2)14-12-18)9-6-10-21(23)35-24(16)26(33)30-28-22(31)15-17-7-4-3-5-8-17/h3-5,7-8,11-14H,6,9-10,15H2,1-2H3,(H,28,31)(H,29,32)(H,30,33)/b27-20+. The molecule has 2 aromatic carbocycles. The van der Waals surface area contributed by atoms with E-state index >= 15 is 0 Å². The van der Waals surface area contributed by atoms with Gasteiger partial charge in [0.1, 0.15) is 11.5 Å².